The van der Waals surface area contributed by atoms with E-state index in [9.17, 15) is 0 Å². The molecule has 0 unspecified atom stereocenters. The van der Waals surface area contributed by atoms with Crippen LogP contribution in [0.3, 0.4) is 0 Å². The van der Waals surface area contributed by atoms with Crippen LogP contribution in [-0.2, 0) is 4.57 Å². The van der Waals surface area contributed by atoms with Crippen LogP contribution in [0.25, 0.3) is 0 Å². The molecule has 8 nitrogen and oxygen atoms in total. The molecule has 4 N–H and O–H groups in total. The Balaban J connectivity index is -0.000000107. The van der Waals surface area contributed by atoms with Crippen molar-refractivity contribution in [3.63, 3.8) is 0 Å². The minimum atomic E-state index is -5.39. The molecule has 0 radical (unpaired) electrons. The van der Waals surface area contributed by atoms with E-state index in [1.54, 1.807) is 0 Å². The largest absolute Gasteiger partial charge is 3.00 e. The van der Waals surface area contributed by atoms with Crippen molar-refractivity contribution in [3.05, 3.63) is 0 Å². The average Bonchev–Trinajstić information content (AvgIpc) is 1.12. The Morgan fingerprint density at radius 3 is 1.00 bits per heavy atom. The van der Waals surface area contributed by atoms with E-state index in [2.05, 4.69) is 0 Å². The summed E-state index contributed by atoms with van der Waals surface area (Å²) in [6.07, 6.45) is 0. The van der Waals surface area contributed by atoms with Gasteiger partial charge >= 0.3 is 26.4 Å². The van der Waals surface area contributed by atoms with Crippen LogP contribution in [0.15, 0.2) is 0 Å². The van der Waals surface area contributed by atoms with Crippen molar-refractivity contribution in [2.24, 2.45) is 0 Å². The fourth-order valence-electron chi connectivity index (χ4n) is 0. The SMILES string of the molecule is O=P([O-])([O-])[O-].O[Si](O)(O)O.[Al+3]. The van der Waals surface area contributed by atoms with Crippen molar-refractivity contribution in [1.29, 1.82) is 0 Å². The maximum Gasteiger partial charge on any atom is 3.00 e. The minimum Gasteiger partial charge on any atom is -0.822 e. The normalized spacial score (nSPS) is 10.8. The third-order valence-electron chi connectivity index (χ3n) is 0. The summed E-state index contributed by atoms with van der Waals surface area (Å²) in [5.41, 5.74) is 0. The Morgan fingerprint density at radius 1 is 1.00 bits per heavy atom. The van der Waals surface area contributed by atoms with Gasteiger partial charge in [0.2, 0.25) is 0 Å². The molecule has 0 saturated heterocycles. The fourth-order valence-corrected chi connectivity index (χ4v) is 0. The maximum absolute atomic E-state index is 8.55. The van der Waals surface area contributed by atoms with Gasteiger partial charge in [0.05, 0.1) is 0 Å². The first-order chi connectivity index (χ1) is 4.00. The van der Waals surface area contributed by atoms with Crippen LogP contribution in [0, 0.1) is 0 Å². The Hall–Kier alpha value is 0.699. The van der Waals surface area contributed by atoms with Crippen LogP contribution in [0.2, 0.25) is 0 Å². The summed E-state index contributed by atoms with van der Waals surface area (Å²) in [5.74, 6) is 0. The maximum atomic E-state index is 8.55. The molecule has 0 aliphatic heterocycles. The molecule has 0 aromatic carbocycles. The number of rotatable bonds is 0. The summed E-state index contributed by atoms with van der Waals surface area (Å²) in [7, 11) is -10.0. The van der Waals surface area contributed by atoms with E-state index in [1.165, 1.54) is 0 Å². The zero-order valence-electron chi connectivity index (χ0n) is 4.95. The van der Waals surface area contributed by atoms with Crippen molar-refractivity contribution in [3.8, 4) is 0 Å². The standard InChI is InChI=1S/Al.H3O4P.H4O4Si/c;2*1-5(2,3)4/h;(H3,1,2,3,4);1-4H/q+3;;/p-3. The second kappa shape index (κ2) is 6.24. The first kappa shape index (κ1) is 17.7. The van der Waals surface area contributed by atoms with Gasteiger partial charge in [-0.1, -0.05) is 0 Å². The van der Waals surface area contributed by atoms with E-state index >= 15 is 0 Å². The summed E-state index contributed by atoms with van der Waals surface area (Å²) in [6, 6.07) is 0. The third kappa shape index (κ3) is 1660. The molecule has 0 aromatic heterocycles. The Labute approximate surface area is 73.2 Å². The molecular weight excluding hydrogens is 214 g/mol. The van der Waals surface area contributed by atoms with E-state index < -0.39 is 16.9 Å². The topological polar surface area (TPSA) is 167 Å². The molecule has 11 heavy (non-hydrogen) atoms. The summed E-state index contributed by atoms with van der Waals surface area (Å²) in [5, 5.41) is 0. The van der Waals surface area contributed by atoms with Crippen LogP contribution < -0.4 is 14.7 Å². The Morgan fingerprint density at radius 2 is 1.00 bits per heavy atom. The molecule has 0 atom stereocenters. The molecule has 0 saturated carbocycles. The molecule has 0 heterocycles. The van der Waals surface area contributed by atoms with Gasteiger partial charge in [-0.15, -0.1) is 0 Å². The van der Waals surface area contributed by atoms with Gasteiger partial charge in [-0.25, -0.2) is 0 Å². The molecule has 0 aliphatic rings. The van der Waals surface area contributed by atoms with Crippen LogP contribution in [0.5, 0.6) is 0 Å². The fraction of sp³-hybridized carbons (Fsp3) is 0. The molecule has 0 spiro atoms. The van der Waals surface area contributed by atoms with Crippen molar-refractivity contribution < 1.29 is 38.4 Å². The van der Waals surface area contributed by atoms with Crippen LogP contribution in [-0.4, -0.2) is 45.6 Å². The van der Waals surface area contributed by atoms with Gasteiger partial charge < -0.3 is 38.4 Å². The quantitative estimate of drug-likeness (QED) is 0.230. The van der Waals surface area contributed by atoms with Crippen molar-refractivity contribution in [2.45, 2.75) is 0 Å². The molecule has 0 rings (SSSR count). The first-order valence-corrected chi connectivity index (χ1v) is 4.87. The van der Waals surface area contributed by atoms with Crippen LogP contribution in [0.4, 0.5) is 0 Å². The molecule has 0 bridgehead atoms. The molecule has 0 aliphatic carbocycles. The zero-order chi connectivity index (χ0) is 9.00. The summed E-state index contributed by atoms with van der Waals surface area (Å²) < 4.78 is 8.55. The van der Waals surface area contributed by atoms with E-state index in [1.807, 2.05) is 0 Å². The molecular formula is H4AlO8PSi. The zero-order valence-corrected chi connectivity index (χ0v) is 8.00. The number of hydrogen-bond donors (Lipinski definition) is 4. The molecule has 0 amide bonds. The number of hydrogen-bond acceptors (Lipinski definition) is 8. The Kier molecular flexibility index (Phi) is 10.0. The second-order valence-corrected chi connectivity index (χ2v) is 3.14. The van der Waals surface area contributed by atoms with E-state index in [0.29, 0.717) is 0 Å². The third-order valence-corrected chi connectivity index (χ3v) is 0. The van der Waals surface area contributed by atoms with Gasteiger partial charge in [-0.3, -0.25) is 0 Å². The smallest absolute Gasteiger partial charge is 0.822 e. The van der Waals surface area contributed by atoms with E-state index in [-0.39, 0.29) is 17.4 Å². The van der Waals surface area contributed by atoms with Crippen LogP contribution in [0.1, 0.15) is 0 Å². The number of phosphoric acid groups is 1. The minimum absolute atomic E-state index is 0. The second-order valence-electron chi connectivity index (χ2n) is 1.05. The summed E-state index contributed by atoms with van der Waals surface area (Å²) in [4.78, 5) is 55.0. The van der Waals surface area contributed by atoms with Crippen molar-refractivity contribution in [1.82, 2.24) is 0 Å². The molecule has 0 fully saturated rings. The summed E-state index contributed by atoms with van der Waals surface area (Å²) in [6.45, 7) is 0. The van der Waals surface area contributed by atoms with Crippen molar-refractivity contribution >= 4 is 34.2 Å². The molecule has 11 heteroatoms. The van der Waals surface area contributed by atoms with Gasteiger partial charge in [-0.05, 0) is 0 Å². The van der Waals surface area contributed by atoms with Gasteiger partial charge in [0.1, 0.15) is 0 Å². The molecule has 64 valence electrons. The monoisotopic (exact) mass is 218 g/mol. The molecule has 0 aromatic rings. The van der Waals surface area contributed by atoms with Crippen LogP contribution >= 0.6 is 7.82 Å². The van der Waals surface area contributed by atoms with Gasteiger partial charge in [0.25, 0.3) is 0 Å². The van der Waals surface area contributed by atoms with Gasteiger partial charge in [0.15, 0.2) is 0 Å². The van der Waals surface area contributed by atoms with E-state index in [4.69, 9.17) is 38.4 Å². The van der Waals surface area contributed by atoms with Gasteiger partial charge in [-0.2, -0.15) is 7.82 Å². The average molecular weight is 218 g/mol. The predicted octanol–water partition coefficient (Wildman–Crippen LogP) is -5.81. The van der Waals surface area contributed by atoms with E-state index in [0.717, 1.165) is 0 Å². The van der Waals surface area contributed by atoms with Crippen molar-refractivity contribution in [2.75, 3.05) is 0 Å². The van der Waals surface area contributed by atoms with Gasteiger partial charge in [0, 0.05) is 0 Å². The first-order valence-electron chi connectivity index (χ1n) is 1.62. The Bertz CT molecular complexity index is 106. The summed E-state index contributed by atoms with van der Waals surface area (Å²) >= 11 is 0. The predicted molar refractivity (Wildman–Crippen MR) is 28.0 cm³/mol.